The number of carboxylic acid groups (broad SMARTS) is 1. The van der Waals surface area contributed by atoms with E-state index in [0.717, 1.165) is 25.7 Å². The number of carboxylic acids is 1. The molecule has 0 heterocycles. The van der Waals surface area contributed by atoms with Crippen molar-refractivity contribution in [1.82, 2.24) is 0 Å². The Kier molecular flexibility index (Phi) is 9.24. The van der Waals surface area contributed by atoms with E-state index >= 15 is 0 Å². The fourth-order valence-electron chi connectivity index (χ4n) is 7.91. The van der Waals surface area contributed by atoms with E-state index in [9.17, 15) is 19.2 Å². The van der Waals surface area contributed by atoms with Crippen molar-refractivity contribution in [2.75, 3.05) is 0 Å². The summed E-state index contributed by atoms with van der Waals surface area (Å²) in [6.07, 6.45) is 5.82. The standard InChI is InChI=1S/C24H33IO5.2C2H6/c1-21-12-15(26)9-10-22(21,2)17-11-18(27)23(3)14(5-4-6-20(29)30)7-8-16(23)24(17,25)19(28)13-21;2*1-2/h14,16-17H,4-13H2,1-3H3,(H,29,30);2*1-2H3. The molecule has 7 atom stereocenters. The highest BCUT2D eigenvalue weighted by molar-refractivity contribution is 14.1. The monoisotopic (exact) mass is 588 g/mol. The van der Waals surface area contributed by atoms with E-state index < -0.39 is 14.8 Å². The molecule has 0 radical (unpaired) electrons. The van der Waals surface area contributed by atoms with Gasteiger partial charge in [-0.3, -0.25) is 19.2 Å². The number of carbonyl (C=O) groups is 4. The molecule has 0 amide bonds. The van der Waals surface area contributed by atoms with Crippen LogP contribution in [0, 0.1) is 34.0 Å². The fourth-order valence-corrected chi connectivity index (χ4v) is 9.97. The zero-order chi connectivity index (χ0) is 26.1. The van der Waals surface area contributed by atoms with Crippen molar-refractivity contribution in [2.45, 2.75) is 116 Å². The van der Waals surface area contributed by atoms with Gasteiger partial charge in [-0.15, -0.1) is 0 Å². The topological polar surface area (TPSA) is 88.5 Å². The maximum Gasteiger partial charge on any atom is 0.303 e. The van der Waals surface area contributed by atoms with Gasteiger partial charge in [0.15, 0.2) is 0 Å². The summed E-state index contributed by atoms with van der Waals surface area (Å²) >= 11 is 2.42. The van der Waals surface area contributed by atoms with Crippen molar-refractivity contribution < 1.29 is 24.3 Å². The number of halogens is 1. The third-order valence-electron chi connectivity index (χ3n) is 9.96. The molecule has 4 fully saturated rings. The molecule has 4 saturated carbocycles. The molecule has 7 unspecified atom stereocenters. The first-order chi connectivity index (χ1) is 15.9. The Morgan fingerprint density at radius 1 is 0.971 bits per heavy atom. The molecule has 4 aliphatic rings. The Hall–Kier alpha value is -0.790. The van der Waals surface area contributed by atoms with Gasteiger partial charge in [0.2, 0.25) is 0 Å². The summed E-state index contributed by atoms with van der Waals surface area (Å²) in [5, 5.41) is 9.01. The van der Waals surface area contributed by atoms with Crippen molar-refractivity contribution >= 4 is 45.9 Å². The van der Waals surface area contributed by atoms with Gasteiger partial charge in [-0.25, -0.2) is 0 Å². The molecule has 4 rings (SSSR count). The normalized spacial score (nSPS) is 42.8. The van der Waals surface area contributed by atoms with Crippen LogP contribution in [0.15, 0.2) is 0 Å². The molecule has 0 bridgehead atoms. The van der Waals surface area contributed by atoms with E-state index in [-0.39, 0.29) is 52.4 Å². The Morgan fingerprint density at radius 3 is 2.18 bits per heavy atom. The van der Waals surface area contributed by atoms with Gasteiger partial charge in [0.05, 0.1) is 3.42 Å². The fraction of sp³-hybridized carbons (Fsp3) is 0.857. The first-order valence-corrected chi connectivity index (χ1v) is 14.5. The average Bonchev–Trinajstić information content (AvgIpc) is 3.14. The number of rotatable bonds is 4. The predicted molar refractivity (Wildman–Crippen MR) is 143 cm³/mol. The summed E-state index contributed by atoms with van der Waals surface area (Å²) in [6.45, 7) is 14.4. The minimum Gasteiger partial charge on any atom is -0.481 e. The maximum atomic E-state index is 13.8. The van der Waals surface area contributed by atoms with E-state index in [0.29, 0.717) is 32.1 Å². The molecule has 0 aliphatic heterocycles. The van der Waals surface area contributed by atoms with Gasteiger partial charge in [0.25, 0.3) is 0 Å². The lowest BCUT2D eigenvalue weighted by Gasteiger charge is -2.66. The smallest absolute Gasteiger partial charge is 0.303 e. The summed E-state index contributed by atoms with van der Waals surface area (Å²) < 4.78 is -0.559. The van der Waals surface area contributed by atoms with Crippen LogP contribution in [0.5, 0.6) is 0 Å². The number of aliphatic carboxylic acids is 1. The molecule has 0 aromatic rings. The highest BCUT2D eigenvalue weighted by Gasteiger charge is 2.73. The van der Waals surface area contributed by atoms with E-state index in [4.69, 9.17) is 5.11 Å². The summed E-state index contributed by atoms with van der Waals surface area (Å²) in [5.41, 5.74) is -1.08. The first-order valence-electron chi connectivity index (χ1n) is 13.4. The molecule has 0 spiro atoms. The molecule has 6 heteroatoms. The quantitative estimate of drug-likeness (QED) is 0.287. The SMILES string of the molecule is CC.CC.CC12C(=O)CC3C(I)(C(=O)CC4(C)CC(=O)CCC34C)C1CCC2CCCC(=O)O. The van der Waals surface area contributed by atoms with Gasteiger partial charge in [-0.1, -0.05) is 71.1 Å². The Morgan fingerprint density at radius 2 is 1.59 bits per heavy atom. The van der Waals surface area contributed by atoms with Gasteiger partial charge in [0.1, 0.15) is 17.3 Å². The third-order valence-corrected chi connectivity index (χ3v) is 12.1. The summed E-state index contributed by atoms with van der Waals surface area (Å²) in [6, 6.07) is 0. The molecule has 0 saturated heterocycles. The van der Waals surface area contributed by atoms with E-state index in [1.165, 1.54) is 0 Å². The average molecular weight is 589 g/mol. The first kappa shape index (κ1) is 29.4. The van der Waals surface area contributed by atoms with Crippen molar-refractivity contribution in [1.29, 1.82) is 0 Å². The number of carbonyl (C=O) groups excluding carboxylic acids is 3. The molecule has 4 aliphatic carbocycles. The number of hydrogen-bond donors (Lipinski definition) is 1. The van der Waals surface area contributed by atoms with Gasteiger partial charge >= 0.3 is 5.97 Å². The zero-order valence-corrected chi connectivity index (χ0v) is 24.4. The van der Waals surface area contributed by atoms with Gasteiger partial charge < -0.3 is 5.11 Å². The van der Waals surface area contributed by atoms with Crippen LogP contribution in [-0.4, -0.2) is 31.8 Å². The Bertz CT molecular complexity index is 824. The second-order valence-corrected chi connectivity index (χ2v) is 12.9. The number of fused-ring (bicyclic) bond motifs is 5. The minimum absolute atomic E-state index is 0.0122. The Labute approximate surface area is 219 Å². The van der Waals surface area contributed by atoms with Gasteiger partial charge in [-0.05, 0) is 60.7 Å². The summed E-state index contributed by atoms with van der Waals surface area (Å²) in [5.74, 6) is 0.0948. The second kappa shape index (κ2) is 10.7. The molecule has 0 aromatic heterocycles. The van der Waals surface area contributed by atoms with Crippen molar-refractivity contribution in [3.63, 3.8) is 0 Å². The van der Waals surface area contributed by atoms with Gasteiger partial charge in [-0.2, -0.15) is 0 Å². The van der Waals surface area contributed by atoms with Crippen LogP contribution in [0.25, 0.3) is 0 Å². The lowest BCUT2D eigenvalue weighted by atomic mass is 9.40. The second-order valence-electron chi connectivity index (χ2n) is 11.1. The maximum absolute atomic E-state index is 13.8. The van der Waals surface area contributed by atoms with E-state index in [1.807, 2.05) is 27.7 Å². The van der Waals surface area contributed by atoms with Crippen molar-refractivity contribution in [3.8, 4) is 0 Å². The van der Waals surface area contributed by atoms with Crippen LogP contribution < -0.4 is 0 Å². The Balaban J connectivity index is 0.000000970. The van der Waals surface area contributed by atoms with Crippen LogP contribution in [0.3, 0.4) is 0 Å². The predicted octanol–water partition coefficient (Wildman–Crippen LogP) is 6.83. The number of Topliss-reactive ketones (excluding diaryl/α,β-unsaturated/α-hetero) is 3. The van der Waals surface area contributed by atoms with E-state index in [2.05, 4.69) is 43.4 Å². The molecule has 194 valence electrons. The lowest BCUT2D eigenvalue weighted by molar-refractivity contribution is -0.170. The van der Waals surface area contributed by atoms with E-state index in [1.54, 1.807) is 0 Å². The van der Waals surface area contributed by atoms with Crippen LogP contribution in [0.2, 0.25) is 0 Å². The minimum atomic E-state index is -0.795. The molecule has 0 aromatic carbocycles. The van der Waals surface area contributed by atoms with Gasteiger partial charge in [0, 0.05) is 37.5 Å². The number of hydrogen-bond acceptors (Lipinski definition) is 4. The van der Waals surface area contributed by atoms with Crippen LogP contribution in [-0.2, 0) is 19.2 Å². The number of alkyl halides is 1. The highest BCUT2D eigenvalue weighted by atomic mass is 127. The van der Waals surface area contributed by atoms with Crippen molar-refractivity contribution in [2.24, 2.45) is 34.0 Å². The summed E-state index contributed by atoms with van der Waals surface area (Å²) in [7, 11) is 0. The number of ketones is 3. The van der Waals surface area contributed by atoms with Crippen LogP contribution >= 0.6 is 22.6 Å². The largest absolute Gasteiger partial charge is 0.481 e. The molecular weight excluding hydrogens is 543 g/mol. The zero-order valence-electron chi connectivity index (χ0n) is 22.3. The molecule has 34 heavy (non-hydrogen) atoms. The molecule has 1 N–H and O–H groups in total. The molecular formula is C28H45IO5. The highest BCUT2D eigenvalue weighted by Crippen LogP contribution is 2.72. The lowest BCUT2D eigenvalue weighted by Crippen LogP contribution is -2.69. The third kappa shape index (κ3) is 4.32. The molecule has 5 nitrogen and oxygen atoms in total. The summed E-state index contributed by atoms with van der Waals surface area (Å²) in [4.78, 5) is 50.7. The van der Waals surface area contributed by atoms with Crippen LogP contribution in [0.1, 0.15) is 113 Å². The van der Waals surface area contributed by atoms with Crippen LogP contribution in [0.4, 0.5) is 0 Å². The van der Waals surface area contributed by atoms with Crippen molar-refractivity contribution in [3.05, 3.63) is 0 Å².